The van der Waals surface area contributed by atoms with Crippen molar-refractivity contribution in [2.75, 3.05) is 0 Å². The molecular weight excluding hydrogens is 174 g/mol. The van der Waals surface area contributed by atoms with E-state index in [9.17, 15) is 0 Å². The first kappa shape index (κ1) is 11.1. The summed E-state index contributed by atoms with van der Waals surface area (Å²) in [5.41, 5.74) is 7.04. The molecule has 0 aliphatic rings. The lowest BCUT2D eigenvalue weighted by Crippen LogP contribution is -2.25. The molecule has 0 radical (unpaired) electrons. The molecule has 1 aromatic rings. The Morgan fingerprint density at radius 3 is 2.71 bits per heavy atom. The Morgan fingerprint density at radius 1 is 1.43 bits per heavy atom. The van der Waals surface area contributed by atoms with Crippen LogP contribution in [0.25, 0.3) is 0 Å². The molecule has 78 valence electrons. The van der Waals surface area contributed by atoms with Crippen molar-refractivity contribution in [1.82, 2.24) is 9.97 Å². The molecule has 3 heteroatoms. The number of aryl methyl sites for hydroxylation is 1. The van der Waals surface area contributed by atoms with Gasteiger partial charge in [-0.15, -0.1) is 0 Å². The Labute approximate surface area is 85.8 Å². The molecular formula is C11H19N3. The second-order valence-corrected chi connectivity index (χ2v) is 4.19. The van der Waals surface area contributed by atoms with Crippen molar-refractivity contribution in [2.45, 2.75) is 39.7 Å². The van der Waals surface area contributed by atoms with Crippen LogP contribution in [0.15, 0.2) is 12.3 Å². The zero-order valence-corrected chi connectivity index (χ0v) is 9.20. The molecule has 0 bridgehead atoms. The summed E-state index contributed by atoms with van der Waals surface area (Å²) in [6.07, 6.45) is 3.68. The van der Waals surface area contributed by atoms with Crippen LogP contribution in [0, 0.1) is 12.8 Å². The maximum atomic E-state index is 6.00. The van der Waals surface area contributed by atoms with Gasteiger partial charge >= 0.3 is 0 Å². The lowest BCUT2D eigenvalue weighted by Gasteiger charge is -2.13. The Bertz CT molecular complexity index is 284. The maximum Gasteiger partial charge on any atom is 0.125 e. The van der Waals surface area contributed by atoms with E-state index in [0.29, 0.717) is 5.92 Å². The first-order valence-corrected chi connectivity index (χ1v) is 5.12. The van der Waals surface area contributed by atoms with Crippen LogP contribution in [-0.4, -0.2) is 16.0 Å². The summed E-state index contributed by atoms with van der Waals surface area (Å²) in [4.78, 5) is 8.39. The van der Waals surface area contributed by atoms with E-state index in [0.717, 1.165) is 24.4 Å². The van der Waals surface area contributed by atoms with Crippen molar-refractivity contribution < 1.29 is 0 Å². The quantitative estimate of drug-likeness (QED) is 0.791. The van der Waals surface area contributed by atoms with Crippen LogP contribution in [0.5, 0.6) is 0 Å². The van der Waals surface area contributed by atoms with Crippen molar-refractivity contribution in [3.63, 3.8) is 0 Å². The van der Waals surface area contributed by atoms with Gasteiger partial charge in [-0.3, -0.25) is 0 Å². The average Bonchev–Trinajstić information content (AvgIpc) is 2.01. The molecule has 0 spiro atoms. The van der Waals surface area contributed by atoms with Gasteiger partial charge < -0.3 is 5.73 Å². The number of rotatable bonds is 4. The van der Waals surface area contributed by atoms with E-state index < -0.39 is 0 Å². The van der Waals surface area contributed by atoms with Crippen LogP contribution >= 0.6 is 0 Å². The minimum absolute atomic E-state index is 0.212. The molecule has 0 aliphatic carbocycles. The second kappa shape index (κ2) is 5.05. The first-order valence-electron chi connectivity index (χ1n) is 5.12. The summed E-state index contributed by atoms with van der Waals surface area (Å²) in [6, 6.07) is 2.15. The predicted molar refractivity (Wildman–Crippen MR) is 57.9 cm³/mol. The van der Waals surface area contributed by atoms with Gasteiger partial charge in [0, 0.05) is 24.4 Å². The van der Waals surface area contributed by atoms with Gasteiger partial charge in [-0.1, -0.05) is 13.8 Å². The smallest absolute Gasteiger partial charge is 0.125 e. The van der Waals surface area contributed by atoms with E-state index in [-0.39, 0.29) is 6.04 Å². The molecule has 2 N–H and O–H groups in total. The highest BCUT2D eigenvalue weighted by atomic mass is 14.9. The fourth-order valence-electron chi connectivity index (χ4n) is 1.58. The molecule has 1 rings (SSSR count). The molecule has 1 aromatic heterocycles. The van der Waals surface area contributed by atoms with Gasteiger partial charge in [0.15, 0.2) is 0 Å². The Hall–Kier alpha value is -0.960. The highest BCUT2D eigenvalue weighted by Gasteiger charge is 2.07. The molecule has 0 aromatic carbocycles. The van der Waals surface area contributed by atoms with E-state index in [1.807, 2.05) is 13.0 Å². The predicted octanol–water partition coefficient (Wildman–Crippen LogP) is 1.70. The number of nitrogens with two attached hydrogens (primary N) is 1. The summed E-state index contributed by atoms with van der Waals surface area (Å²) in [5.74, 6) is 1.46. The fraction of sp³-hybridized carbons (Fsp3) is 0.636. The lowest BCUT2D eigenvalue weighted by molar-refractivity contribution is 0.490. The van der Waals surface area contributed by atoms with Crippen LogP contribution in [0.2, 0.25) is 0 Å². The summed E-state index contributed by atoms with van der Waals surface area (Å²) < 4.78 is 0. The first-order chi connectivity index (χ1) is 6.58. The largest absolute Gasteiger partial charge is 0.327 e. The van der Waals surface area contributed by atoms with Gasteiger partial charge in [-0.25, -0.2) is 9.97 Å². The van der Waals surface area contributed by atoms with Crippen molar-refractivity contribution in [2.24, 2.45) is 11.7 Å². The van der Waals surface area contributed by atoms with Crippen LogP contribution in [0.4, 0.5) is 0 Å². The van der Waals surface area contributed by atoms with Crippen LogP contribution in [-0.2, 0) is 6.42 Å². The number of aromatic nitrogens is 2. The average molecular weight is 193 g/mol. The van der Waals surface area contributed by atoms with Crippen molar-refractivity contribution >= 4 is 0 Å². The van der Waals surface area contributed by atoms with Gasteiger partial charge in [0.25, 0.3) is 0 Å². The van der Waals surface area contributed by atoms with E-state index in [1.54, 1.807) is 6.20 Å². The van der Waals surface area contributed by atoms with E-state index in [1.165, 1.54) is 0 Å². The summed E-state index contributed by atoms with van der Waals surface area (Å²) in [6.45, 7) is 6.27. The molecule has 0 fully saturated rings. The topological polar surface area (TPSA) is 51.8 Å². The van der Waals surface area contributed by atoms with Crippen molar-refractivity contribution in [3.8, 4) is 0 Å². The third-order valence-corrected chi connectivity index (χ3v) is 2.08. The van der Waals surface area contributed by atoms with E-state index in [4.69, 9.17) is 5.73 Å². The van der Waals surface area contributed by atoms with Gasteiger partial charge in [0.1, 0.15) is 5.82 Å². The molecule has 1 heterocycles. The number of hydrogen-bond acceptors (Lipinski definition) is 3. The summed E-state index contributed by atoms with van der Waals surface area (Å²) in [7, 11) is 0. The van der Waals surface area contributed by atoms with Crippen LogP contribution < -0.4 is 5.73 Å². The standard InChI is InChI=1S/C11H19N3/c1-8(2)6-10(12)7-11-4-5-13-9(3)14-11/h4-5,8,10H,6-7,12H2,1-3H3. The molecule has 0 saturated heterocycles. The van der Waals surface area contributed by atoms with Gasteiger partial charge in [0.05, 0.1) is 0 Å². The molecule has 0 saturated carbocycles. The van der Waals surface area contributed by atoms with Gasteiger partial charge in [-0.2, -0.15) is 0 Å². The van der Waals surface area contributed by atoms with Gasteiger partial charge in [0.2, 0.25) is 0 Å². The maximum absolute atomic E-state index is 6.00. The SMILES string of the molecule is Cc1nccc(CC(N)CC(C)C)n1. The van der Waals surface area contributed by atoms with Crippen molar-refractivity contribution in [3.05, 3.63) is 23.8 Å². The van der Waals surface area contributed by atoms with E-state index >= 15 is 0 Å². The second-order valence-electron chi connectivity index (χ2n) is 4.19. The Kier molecular flexibility index (Phi) is 4.01. The molecule has 3 nitrogen and oxygen atoms in total. The van der Waals surface area contributed by atoms with Crippen LogP contribution in [0.1, 0.15) is 31.8 Å². The highest BCUT2D eigenvalue weighted by Crippen LogP contribution is 2.07. The molecule has 14 heavy (non-hydrogen) atoms. The van der Waals surface area contributed by atoms with Crippen molar-refractivity contribution in [1.29, 1.82) is 0 Å². The minimum Gasteiger partial charge on any atom is -0.327 e. The van der Waals surface area contributed by atoms with E-state index in [2.05, 4.69) is 23.8 Å². The molecule has 1 unspecified atom stereocenters. The zero-order chi connectivity index (χ0) is 10.6. The Morgan fingerprint density at radius 2 is 2.14 bits per heavy atom. The fourth-order valence-corrected chi connectivity index (χ4v) is 1.58. The van der Waals surface area contributed by atoms with Crippen LogP contribution in [0.3, 0.4) is 0 Å². The lowest BCUT2D eigenvalue weighted by atomic mass is 10.0. The third-order valence-electron chi connectivity index (χ3n) is 2.08. The normalized spacial score (nSPS) is 13.2. The molecule has 1 atom stereocenters. The zero-order valence-electron chi connectivity index (χ0n) is 9.20. The highest BCUT2D eigenvalue weighted by molar-refractivity contribution is 5.03. The summed E-state index contributed by atoms with van der Waals surface area (Å²) in [5, 5.41) is 0. The minimum atomic E-state index is 0.212. The molecule has 0 aliphatic heterocycles. The monoisotopic (exact) mass is 193 g/mol. The number of hydrogen-bond donors (Lipinski definition) is 1. The number of nitrogens with zero attached hydrogens (tertiary/aromatic N) is 2. The molecule has 0 amide bonds. The third kappa shape index (κ3) is 3.83. The van der Waals surface area contributed by atoms with Gasteiger partial charge in [-0.05, 0) is 25.3 Å². The summed E-state index contributed by atoms with van der Waals surface area (Å²) >= 11 is 0. The Balaban J connectivity index is 2.51.